The Morgan fingerprint density at radius 1 is 1.19 bits per heavy atom. The van der Waals surface area contributed by atoms with Gasteiger partial charge in [-0.05, 0) is 23.8 Å². The van der Waals surface area contributed by atoms with Gasteiger partial charge in [0.25, 0.3) is 0 Å². The monoisotopic (exact) mass is 289 g/mol. The molecule has 0 aliphatic rings. The van der Waals surface area contributed by atoms with Crippen LogP contribution in [0.25, 0.3) is 0 Å². The van der Waals surface area contributed by atoms with Crippen molar-refractivity contribution in [1.29, 1.82) is 0 Å². The lowest BCUT2D eigenvalue weighted by molar-refractivity contribution is -0.141. The molecule has 0 aromatic heterocycles. The van der Waals surface area contributed by atoms with Gasteiger partial charge in [0.1, 0.15) is 11.8 Å². The molecule has 21 heavy (non-hydrogen) atoms. The van der Waals surface area contributed by atoms with Gasteiger partial charge in [-0.2, -0.15) is 0 Å². The largest absolute Gasteiger partial charge is 0.480 e. The van der Waals surface area contributed by atoms with Gasteiger partial charge in [0, 0.05) is 12.5 Å². The van der Waals surface area contributed by atoms with Crippen molar-refractivity contribution in [3.05, 3.63) is 55.1 Å². The summed E-state index contributed by atoms with van der Waals surface area (Å²) in [5.41, 5.74) is 0.671. The molecule has 110 valence electrons. The van der Waals surface area contributed by atoms with Gasteiger partial charge in [-0.25, -0.2) is 9.59 Å². The highest BCUT2D eigenvalue weighted by Crippen LogP contribution is 2.14. The maximum absolute atomic E-state index is 11.2. The van der Waals surface area contributed by atoms with Gasteiger partial charge in [-0.15, -0.1) is 0 Å². The average Bonchev–Trinajstić information content (AvgIpc) is 2.47. The van der Waals surface area contributed by atoms with Crippen LogP contribution in [0.3, 0.4) is 0 Å². The average molecular weight is 289 g/mol. The fourth-order valence-electron chi connectivity index (χ4n) is 1.52. The third-order valence-electron chi connectivity index (χ3n) is 2.55. The van der Waals surface area contributed by atoms with Gasteiger partial charge in [0.2, 0.25) is 5.91 Å². The SMILES string of the molecule is C=CC(=O)N[C@@H](Cc1ccc(OC(=O)C=C)cc1)C(=O)O. The topological polar surface area (TPSA) is 92.7 Å². The summed E-state index contributed by atoms with van der Waals surface area (Å²) in [7, 11) is 0. The molecule has 0 unspecified atom stereocenters. The number of benzene rings is 1. The van der Waals surface area contributed by atoms with Gasteiger partial charge in [0.15, 0.2) is 0 Å². The number of amides is 1. The van der Waals surface area contributed by atoms with Crippen LogP contribution < -0.4 is 10.1 Å². The molecule has 0 aliphatic heterocycles. The molecule has 1 aromatic rings. The van der Waals surface area contributed by atoms with Crippen LogP contribution in [0.1, 0.15) is 5.56 Å². The Labute approximate surface area is 121 Å². The zero-order valence-electron chi connectivity index (χ0n) is 11.2. The lowest BCUT2D eigenvalue weighted by atomic mass is 10.1. The van der Waals surface area contributed by atoms with Crippen molar-refractivity contribution >= 4 is 17.8 Å². The molecule has 2 N–H and O–H groups in total. The van der Waals surface area contributed by atoms with Gasteiger partial charge in [-0.3, -0.25) is 4.79 Å². The van der Waals surface area contributed by atoms with E-state index in [4.69, 9.17) is 9.84 Å². The Hall–Kier alpha value is -2.89. The number of rotatable bonds is 7. The van der Waals surface area contributed by atoms with Gasteiger partial charge in [-0.1, -0.05) is 25.3 Å². The second-order valence-electron chi connectivity index (χ2n) is 4.08. The molecule has 0 fully saturated rings. The Balaban J connectivity index is 2.74. The highest BCUT2D eigenvalue weighted by atomic mass is 16.5. The first-order valence-corrected chi connectivity index (χ1v) is 6.05. The number of nitrogens with one attached hydrogen (secondary N) is 1. The van der Waals surface area contributed by atoms with E-state index in [1.54, 1.807) is 12.1 Å². The molecule has 0 aliphatic carbocycles. The number of hydrogen-bond acceptors (Lipinski definition) is 4. The van der Waals surface area contributed by atoms with Crippen LogP contribution in [0.5, 0.6) is 5.75 Å². The molecule has 0 saturated heterocycles. The third kappa shape index (κ3) is 5.32. The summed E-state index contributed by atoms with van der Waals surface area (Å²) >= 11 is 0. The van der Waals surface area contributed by atoms with Gasteiger partial charge in [0.05, 0.1) is 0 Å². The van der Waals surface area contributed by atoms with E-state index in [-0.39, 0.29) is 6.42 Å². The number of hydrogen-bond donors (Lipinski definition) is 2. The zero-order chi connectivity index (χ0) is 15.8. The van der Waals surface area contributed by atoms with Crippen LogP contribution in [0, 0.1) is 0 Å². The number of carbonyl (C=O) groups excluding carboxylic acids is 2. The standard InChI is InChI=1S/C15H15NO5/c1-3-13(17)16-12(15(19)20)9-10-5-7-11(8-6-10)21-14(18)4-2/h3-8,12H,1-2,9H2,(H,16,17)(H,19,20)/t12-/m0/s1. The minimum absolute atomic E-state index is 0.102. The number of aliphatic carboxylic acids is 1. The molecule has 0 saturated carbocycles. The number of carbonyl (C=O) groups is 3. The molecule has 6 heteroatoms. The van der Waals surface area contributed by atoms with Crippen LogP contribution in [0.2, 0.25) is 0 Å². The fraction of sp³-hybridized carbons (Fsp3) is 0.133. The molecular weight excluding hydrogens is 274 g/mol. The molecule has 0 spiro atoms. The normalized spacial score (nSPS) is 11.0. The number of esters is 1. The highest BCUT2D eigenvalue weighted by molar-refractivity contribution is 5.90. The summed E-state index contributed by atoms with van der Waals surface area (Å²) in [4.78, 5) is 33.3. The lowest BCUT2D eigenvalue weighted by Crippen LogP contribution is -2.41. The number of carboxylic acids is 1. The van der Waals surface area contributed by atoms with Crippen molar-refractivity contribution in [1.82, 2.24) is 5.32 Å². The van der Waals surface area contributed by atoms with E-state index in [0.717, 1.165) is 12.2 Å². The first-order chi connectivity index (χ1) is 9.96. The maximum Gasteiger partial charge on any atom is 0.335 e. The van der Waals surface area contributed by atoms with E-state index >= 15 is 0 Å². The summed E-state index contributed by atoms with van der Waals surface area (Å²) in [6.45, 7) is 6.55. The Bertz CT molecular complexity index is 562. The predicted molar refractivity (Wildman–Crippen MR) is 75.7 cm³/mol. The highest BCUT2D eigenvalue weighted by Gasteiger charge is 2.19. The number of carboxylic acid groups (broad SMARTS) is 1. The molecule has 1 rings (SSSR count). The summed E-state index contributed by atoms with van der Waals surface area (Å²) < 4.78 is 4.90. The molecule has 0 heterocycles. The van der Waals surface area contributed by atoms with Crippen molar-refractivity contribution in [3.63, 3.8) is 0 Å². The molecule has 0 bridgehead atoms. The zero-order valence-corrected chi connectivity index (χ0v) is 11.2. The molecule has 1 atom stereocenters. The van der Waals surface area contributed by atoms with Gasteiger partial charge < -0.3 is 15.2 Å². The molecular formula is C15H15NO5. The van der Waals surface area contributed by atoms with E-state index in [9.17, 15) is 14.4 Å². The number of ether oxygens (including phenoxy) is 1. The maximum atomic E-state index is 11.2. The first-order valence-electron chi connectivity index (χ1n) is 6.05. The van der Waals surface area contributed by atoms with Crippen molar-refractivity contribution in [2.75, 3.05) is 0 Å². The quantitative estimate of drug-likeness (QED) is 0.445. The first kappa shape index (κ1) is 16.2. The summed E-state index contributed by atoms with van der Waals surface area (Å²) in [6, 6.07) is 5.23. The third-order valence-corrected chi connectivity index (χ3v) is 2.55. The lowest BCUT2D eigenvalue weighted by Gasteiger charge is -2.13. The van der Waals surface area contributed by atoms with Crippen molar-refractivity contribution in [2.45, 2.75) is 12.5 Å². The molecule has 0 radical (unpaired) electrons. The van der Waals surface area contributed by atoms with E-state index in [2.05, 4.69) is 18.5 Å². The van der Waals surface area contributed by atoms with Crippen molar-refractivity contribution in [3.8, 4) is 5.75 Å². The minimum atomic E-state index is -1.15. The predicted octanol–water partition coefficient (Wildman–Crippen LogP) is 1.08. The van der Waals surface area contributed by atoms with E-state index in [1.807, 2.05) is 0 Å². The van der Waals surface area contributed by atoms with Crippen LogP contribution in [-0.2, 0) is 20.8 Å². The molecule has 1 amide bonds. The smallest absolute Gasteiger partial charge is 0.335 e. The van der Waals surface area contributed by atoms with E-state index < -0.39 is 23.9 Å². The van der Waals surface area contributed by atoms with Crippen LogP contribution in [0.15, 0.2) is 49.6 Å². The Morgan fingerprint density at radius 3 is 2.29 bits per heavy atom. The summed E-state index contributed by atoms with van der Waals surface area (Å²) in [5.74, 6) is -1.96. The van der Waals surface area contributed by atoms with Crippen molar-refractivity contribution in [2.24, 2.45) is 0 Å². The van der Waals surface area contributed by atoms with Crippen molar-refractivity contribution < 1.29 is 24.2 Å². The minimum Gasteiger partial charge on any atom is -0.480 e. The molecule has 1 aromatic carbocycles. The van der Waals surface area contributed by atoms with E-state index in [0.29, 0.717) is 11.3 Å². The van der Waals surface area contributed by atoms with Gasteiger partial charge >= 0.3 is 11.9 Å². The Morgan fingerprint density at radius 2 is 1.81 bits per heavy atom. The Kier molecular flexibility index (Phi) is 5.88. The second-order valence-corrected chi connectivity index (χ2v) is 4.08. The summed E-state index contributed by atoms with van der Waals surface area (Å²) in [5, 5.41) is 11.4. The van der Waals surface area contributed by atoms with Crippen LogP contribution in [-0.4, -0.2) is 29.0 Å². The van der Waals surface area contributed by atoms with Crippen LogP contribution in [0.4, 0.5) is 0 Å². The second kappa shape index (κ2) is 7.64. The van der Waals surface area contributed by atoms with Crippen LogP contribution >= 0.6 is 0 Å². The van der Waals surface area contributed by atoms with E-state index in [1.165, 1.54) is 12.1 Å². The summed E-state index contributed by atoms with van der Waals surface area (Å²) in [6.07, 6.45) is 2.15. The fourth-order valence-corrected chi connectivity index (χ4v) is 1.52. The molecule has 6 nitrogen and oxygen atoms in total.